The van der Waals surface area contributed by atoms with E-state index in [1.807, 2.05) is 18.2 Å². The van der Waals surface area contributed by atoms with E-state index in [1.165, 1.54) is 11.1 Å². The zero-order chi connectivity index (χ0) is 14.7. The second-order valence-electron chi connectivity index (χ2n) is 4.76. The molecule has 0 aliphatic heterocycles. The van der Waals surface area contributed by atoms with Crippen molar-refractivity contribution in [1.29, 1.82) is 0 Å². The van der Waals surface area contributed by atoms with Gasteiger partial charge in [0.2, 0.25) is 0 Å². The molecule has 3 aromatic rings. The van der Waals surface area contributed by atoms with E-state index in [0.717, 1.165) is 11.3 Å². The maximum atomic E-state index is 5.86. The Hall–Kier alpha value is -2.20. The summed E-state index contributed by atoms with van der Waals surface area (Å²) in [6.07, 6.45) is 2.28. The molecule has 21 heavy (non-hydrogen) atoms. The first-order valence-corrected chi connectivity index (χ1v) is 7.43. The van der Waals surface area contributed by atoms with Crippen LogP contribution in [-0.2, 0) is 6.42 Å². The number of hydrogen-bond donors (Lipinski definition) is 1. The number of hydrogen-bond acceptors (Lipinski definition) is 3. The highest BCUT2D eigenvalue weighted by molar-refractivity contribution is 9.10. The van der Waals surface area contributed by atoms with Gasteiger partial charge >= 0.3 is 0 Å². The van der Waals surface area contributed by atoms with Gasteiger partial charge in [-0.1, -0.05) is 54.6 Å². The van der Waals surface area contributed by atoms with Crippen LogP contribution in [0.3, 0.4) is 0 Å². The van der Waals surface area contributed by atoms with E-state index in [2.05, 4.69) is 62.3 Å². The highest BCUT2D eigenvalue weighted by atomic mass is 79.9. The van der Waals surface area contributed by atoms with Crippen molar-refractivity contribution in [3.63, 3.8) is 0 Å². The summed E-state index contributed by atoms with van der Waals surface area (Å²) >= 11 is 3.32. The number of nitrogen functional groups attached to an aromatic ring is 1. The fourth-order valence-electron chi connectivity index (χ4n) is 2.18. The molecule has 0 spiro atoms. The van der Waals surface area contributed by atoms with Gasteiger partial charge in [0.05, 0.1) is 11.9 Å². The number of rotatable bonds is 3. The first kappa shape index (κ1) is 13.8. The Morgan fingerprint density at radius 2 is 1.57 bits per heavy atom. The van der Waals surface area contributed by atoms with Gasteiger partial charge in [-0.25, -0.2) is 9.97 Å². The molecule has 0 aliphatic carbocycles. The van der Waals surface area contributed by atoms with Gasteiger partial charge in [0, 0.05) is 6.42 Å². The Kier molecular flexibility index (Phi) is 3.97. The Balaban J connectivity index is 1.83. The van der Waals surface area contributed by atoms with Gasteiger partial charge in [-0.15, -0.1) is 0 Å². The Morgan fingerprint density at radius 3 is 2.29 bits per heavy atom. The van der Waals surface area contributed by atoms with Crippen LogP contribution in [0.2, 0.25) is 0 Å². The number of nitrogens with zero attached hydrogens (tertiary/aromatic N) is 2. The largest absolute Gasteiger partial charge is 0.382 e. The van der Waals surface area contributed by atoms with Crippen molar-refractivity contribution in [2.75, 3.05) is 5.73 Å². The van der Waals surface area contributed by atoms with E-state index in [0.29, 0.717) is 16.8 Å². The van der Waals surface area contributed by atoms with Crippen molar-refractivity contribution in [3.05, 3.63) is 76.7 Å². The molecule has 2 N–H and O–H groups in total. The van der Waals surface area contributed by atoms with Crippen LogP contribution in [0.5, 0.6) is 0 Å². The molecule has 0 atom stereocenters. The molecular weight excluding hydrogens is 326 g/mol. The lowest BCUT2D eigenvalue weighted by molar-refractivity contribution is 1.02. The fourth-order valence-corrected chi connectivity index (χ4v) is 2.50. The SMILES string of the molecule is Nc1ncc(Br)nc1Cc1ccc(-c2ccccc2)cc1. The van der Waals surface area contributed by atoms with Crippen molar-refractivity contribution in [1.82, 2.24) is 9.97 Å². The minimum atomic E-state index is 0.477. The number of nitrogens with two attached hydrogens (primary N) is 1. The van der Waals surface area contributed by atoms with Crippen LogP contribution in [0.25, 0.3) is 11.1 Å². The van der Waals surface area contributed by atoms with E-state index in [9.17, 15) is 0 Å². The highest BCUT2D eigenvalue weighted by Gasteiger charge is 2.05. The summed E-state index contributed by atoms with van der Waals surface area (Å²) in [6.45, 7) is 0. The second kappa shape index (κ2) is 6.06. The third kappa shape index (κ3) is 3.28. The Morgan fingerprint density at radius 1 is 0.905 bits per heavy atom. The van der Waals surface area contributed by atoms with Gasteiger partial charge in [-0.3, -0.25) is 0 Å². The molecule has 3 nitrogen and oxygen atoms in total. The van der Waals surface area contributed by atoms with E-state index in [1.54, 1.807) is 6.20 Å². The van der Waals surface area contributed by atoms with Crippen LogP contribution in [0.4, 0.5) is 5.82 Å². The van der Waals surface area contributed by atoms with E-state index in [-0.39, 0.29) is 0 Å². The minimum absolute atomic E-state index is 0.477. The average Bonchev–Trinajstić information content (AvgIpc) is 2.53. The summed E-state index contributed by atoms with van der Waals surface area (Å²) in [6, 6.07) is 18.8. The van der Waals surface area contributed by atoms with Crippen molar-refractivity contribution < 1.29 is 0 Å². The molecule has 2 aromatic carbocycles. The van der Waals surface area contributed by atoms with Crippen molar-refractivity contribution in [2.45, 2.75) is 6.42 Å². The molecule has 0 unspecified atom stereocenters. The number of anilines is 1. The Bertz CT molecular complexity index is 740. The fraction of sp³-hybridized carbons (Fsp3) is 0.0588. The summed E-state index contributed by atoms with van der Waals surface area (Å²) in [5.74, 6) is 0.477. The van der Waals surface area contributed by atoms with Gasteiger partial charge in [0.1, 0.15) is 10.4 Å². The summed E-state index contributed by atoms with van der Waals surface area (Å²) in [5.41, 5.74) is 10.2. The maximum Gasteiger partial charge on any atom is 0.145 e. The van der Waals surface area contributed by atoms with E-state index >= 15 is 0 Å². The third-order valence-electron chi connectivity index (χ3n) is 3.28. The molecule has 0 saturated heterocycles. The maximum absolute atomic E-state index is 5.86. The molecular formula is C17H14BrN3. The summed E-state index contributed by atoms with van der Waals surface area (Å²) in [7, 11) is 0. The third-order valence-corrected chi connectivity index (χ3v) is 3.66. The van der Waals surface area contributed by atoms with Crippen LogP contribution in [0.15, 0.2) is 65.4 Å². The second-order valence-corrected chi connectivity index (χ2v) is 5.58. The van der Waals surface area contributed by atoms with Crippen LogP contribution in [0, 0.1) is 0 Å². The molecule has 0 aliphatic rings. The molecule has 1 heterocycles. The highest BCUT2D eigenvalue weighted by Crippen LogP contribution is 2.21. The lowest BCUT2D eigenvalue weighted by Crippen LogP contribution is -2.02. The number of aromatic nitrogens is 2. The van der Waals surface area contributed by atoms with Crippen LogP contribution in [-0.4, -0.2) is 9.97 Å². The number of halogens is 1. The molecule has 3 rings (SSSR count). The monoisotopic (exact) mass is 339 g/mol. The predicted octanol–water partition coefficient (Wildman–Crippen LogP) is 4.08. The zero-order valence-corrected chi connectivity index (χ0v) is 12.9. The molecule has 0 saturated carbocycles. The van der Waals surface area contributed by atoms with E-state index < -0.39 is 0 Å². The summed E-state index contributed by atoms with van der Waals surface area (Å²) in [4.78, 5) is 8.49. The molecule has 0 radical (unpaired) electrons. The summed E-state index contributed by atoms with van der Waals surface area (Å²) < 4.78 is 0.701. The Labute approximate surface area is 132 Å². The minimum Gasteiger partial charge on any atom is -0.382 e. The summed E-state index contributed by atoms with van der Waals surface area (Å²) in [5, 5.41) is 0. The predicted molar refractivity (Wildman–Crippen MR) is 88.8 cm³/mol. The quantitative estimate of drug-likeness (QED) is 0.782. The normalized spacial score (nSPS) is 10.5. The molecule has 0 fully saturated rings. The lowest BCUT2D eigenvalue weighted by Gasteiger charge is -2.06. The van der Waals surface area contributed by atoms with Gasteiger partial charge in [-0.2, -0.15) is 0 Å². The topological polar surface area (TPSA) is 51.8 Å². The van der Waals surface area contributed by atoms with Crippen molar-refractivity contribution in [3.8, 4) is 11.1 Å². The van der Waals surface area contributed by atoms with Crippen LogP contribution >= 0.6 is 15.9 Å². The molecule has 1 aromatic heterocycles. The van der Waals surface area contributed by atoms with Gasteiger partial charge in [0.25, 0.3) is 0 Å². The molecule has 0 bridgehead atoms. The zero-order valence-electron chi connectivity index (χ0n) is 11.3. The van der Waals surface area contributed by atoms with Crippen LogP contribution in [0.1, 0.15) is 11.3 Å². The van der Waals surface area contributed by atoms with E-state index in [4.69, 9.17) is 5.73 Å². The van der Waals surface area contributed by atoms with Gasteiger partial charge < -0.3 is 5.73 Å². The first-order valence-electron chi connectivity index (χ1n) is 6.63. The van der Waals surface area contributed by atoms with Crippen molar-refractivity contribution in [2.24, 2.45) is 0 Å². The smallest absolute Gasteiger partial charge is 0.145 e. The lowest BCUT2D eigenvalue weighted by atomic mass is 10.0. The standard InChI is InChI=1S/C17H14BrN3/c18-16-11-20-17(19)15(21-16)10-12-6-8-14(9-7-12)13-4-2-1-3-5-13/h1-9,11H,10H2,(H2,19,20). The van der Waals surface area contributed by atoms with Crippen LogP contribution < -0.4 is 5.73 Å². The van der Waals surface area contributed by atoms with Crippen molar-refractivity contribution >= 4 is 21.7 Å². The average molecular weight is 340 g/mol. The molecule has 4 heteroatoms. The molecule has 104 valence electrons. The number of benzene rings is 2. The van der Waals surface area contributed by atoms with Gasteiger partial charge in [0.15, 0.2) is 0 Å². The first-order chi connectivity index (χ1) is 10.2. The molecule has 0 amide bonds. The van der Waals surface area contributed by atoms with Gasteiger partial charge in [-0.05, 0) is 32.6 Å².